The molecule has 0 aliphatic carbocycles. The van der Waals surface area contributed by atoms with Crippen molar-refractivity contribution in [3.8, 4) is 0 Å². The van der Waals surface area contributed by atoms with E-state index in [4.69, 9.17) is 0 Å². The quantitative estimate of drug-likeness (QED) is 0.588. The average Bonchev–Trinajstić information content (AvgIpc) is 2.06. The Hall–Kier alpha value is -0.851. The van der Waals surface area contributed by atoms with Crippen molar-refractivity contribution in [3.05, 3.63) is 36.5 Å². The third kappa shape index (κ3) is 1.15. The van der Waals surface area contributed by atoms with Gasteiger partial charge in [-0.25, -0.2) is 0 Å². The number of fused-ring (bicyclic) bond motifs is 1. The zero-order chi connectivity index (χ0) is 7.68. The van der Waals surface area contributed by atoms with E-state index in [2.05, 4.69) is 27.1 Å². The van der Waals surface area contributed by atoms with Gasteiger partial charge < -0.3 is 0 Å². The minimum atomic E-state index is 1.05. The SMILES string of the molecule is [Se]c1ccnc2ccccc12. The first kappa shape index (κ1) is 6.83. The van der Waals surface area contributed by atoms with Gasteiger partial charge in [0.25, 0.3) is 0 Å². The van der Waals surface area contributed by atoms with Gasteiger partial charge in [-0.3, -0.25) is 0 Å². The fourth-order valence-electron chi connectivity index (χ4n) is 1.07. The number of rotatable bonds is 0. The first-order valence-electron chi connectivity index (χ1n) is 3.39. The molecule has 0 saturated carbocycles. The molecule has 0 aliphatic rings. The molecule has 1 nitrogen and oxygen atoms in total. The third-order valence-electron chi connectivity index (χ3n) is 1.61. The van der Waals surface area contributed by atoms with E-state index < -0.39 is 0 Å². The summed E-state index contributed by atoms with van der Waals surface area (Å²) in [6.07, 6.45) is 1.81. The molecule has 0 N–H and O–H groups in total. The van der Waals surface area contributed by atoms with E-state index in [0.717, 1.165) is 9.98 Å². The van der Waals surface area contributed by atoms with Crippen LogP contribution in [0.1, 0.15) is 0 Å². The fourth-order valence-corrected chi connectivity index (χ4v) is 1.56. The van der Waals surface area contributed by atoms with Crippen LogP contribution in [0.15, 0.2) is 36.5 Å². The van der Waals surface area contributed by atoms with E-state index in [9.17, 15) is 0 Å². The Labute approximate surface area is 73.3 Å². The van der Waals surface area contributed by atoms with Crippen LogP contribution in [0.3, 0.4) is 0 Å². The average molecular weight is 207 g/mol. The van der Waals surface area contributed by atoms with Gasteiger partial charge in [-0.2, -0.15) is 0 Å². The number of nitrogens with zero attached hydrogens (tertiary/aromatic N) is 1. The molecule has 2 rings (SSSR count). The maximum absolute atomic E-state index is 4.22. The number of aromatic nitrogens is 1. The molecule has 0 amide bonds. The zero-order valence-corrected chi connectivity index (χ0v) is 7.53. The maximum atomic E-state index is 4.22. The van der Waals surface area contributed by atoms with Crippen LogP contribution in [0.25, 0.3) is 10.9 Å². The minimum absolute atomic E-state index is 1.05. The van der Waals surface area contributed by atoms with Crippen molar-refractivity contribution in [1.82, 2.24) is 4.98 Å². The fraction of sp³-hybridized carbons (Fsp3) is 0. The van der Waals surface area contributed by atoms with Gasteiger partial charge in [0.15, 0.2) is 0 Å². The molecule has 1 aromatic heterocycles. The van der Waals surface area contributed by atoms with Crippen molar-refractivity contribution < 1.29 is 0 Å². The molecular weight excluding hydrogens is 201 g/mol. The molecule has 0 unspecified atom stereocenters. The molecule has 0 fully saturated rings. The van der Waals surface area contributed by atoms with Crippen LogP contribution < -0.4 is 4.46 Å². The van der Waals surface area contributed by atoms with Crippen LogP contribution >= 0.6 is 0 Å². The second-order valence-corrected chi connectivity index (χ2v) is 3.25. The van der Waals surface area contributed by atoms with Crippen LogP contribution in [0.5, 0.6) is 0 Å². The van der Waals surface area contributed by atoms with Gasteiger partial charge in [0.2, 0.25) is 0 Å². The van der Waals surface area contributed by atoms with E-state index in [-0.39, 0.29) is 0 Å². The molecule has 0 aliphatic heterocycles. The van der Waals surface area contributed by atoms with Gasteiger partial charge in [-0.15, -0.1) is 0 Å². The first-order chi connectivity index (χ1) is 5.38. The Morgan fingerprint density at radius 2 is 1.91 bits per heavy atom. The van der Waals surface area contributed by atoms with Crippen LogP contribution in [0, 0.1) is 0 Å². The van der Waals surface area contributed by atoms with Gasteiger partial charge in [-0.1, -0.05) is 0 Å². The summed E-state index contributed by atoms with van der Waals surface area (Å²) >= 11 is 3.00. The first-order valence-corrected chi connectivity index (χ1v) is 4.24. The van der Waals surface area contributed by atoms with Crippen molar-refractivity contribution >= 4 is 31.4 Å². The van der Waals surface area contributed by atoms with E-state index in [1.54, 1.807) is 0 Å². The van der Waals surface area contributed by atoms with Crippen LogP contribution in [-0.2, 0) is 0 Å². The molecule has 53 valence electrons. The van der Waals surface area contributed by atoms with Crippen molar-refractivity contribution in [3.63, 3.8) is 0 Å². The van der Waals surface area contributed by atoms with Crippen molar-refractivity contribution in [2.24, 2.45) is 0 Å². The molecule has 1 aromatic carbocycles. The van der Waals surface area contributed by atoms with Crippen molar-refractivity contribution in [1.29, 1.82) is 0 Å². The summed E-state index contributed by atoms with van der Waals surface area (Å²) in [6.45, 7) is 0. The Morgan fingerprint density at radius 1 is 1.09 bits per heavy atom. The predicted molar refractivity (Wildman–Crippen MR) is 47.1 cm³/mol. The monoisotopic (exact) mass is 208 g/mol. The molecule has 1 heterocycles. The van der Waals surface area contributed by atoms with Gasteiger partial charge in [0.05, 0.1) is 0 Å². The van der Waals surface area contributed by atoms with Gasteiger partial charge in [0.1, 0.15) is 0 Å². The molecule has 2 aromatic rings. The molecule has 0 atom stereocenters. The van der Waals surface area contributed by atoms with Crippen LogP contribution in [-0.4, -0.2) is 21.0 Å². The van der Waals surface area contributed by atoms with Gasteiger partial charge in [-0.05, 0) is 0 Å². The molecule has 11 heavy (non-hydrogen) atoms. The number of para-hydroxylation sites is 1. The second kappa shape index (κ2) is 2.65. The second-order valence-electron chi connectivity index (χ2n) is 2.33. The van der Waals surface area contributed by atoms with E-state index in [0.29, 0.717) is 0 Å². The molecule has 0 bridgehead atoms. The molecule has 0 saturated heterocycles. The van der Waals surface area contributed by atoms with Gasteiger partial charge >= 0.3 is 72.9 Å². The topological polar surface area (TPSA) is 12.9 Å². The predicted octanol–water partition coefficient (Wildman–Crippen LogP) is 1.03. The summed E-state index contributed by atoms with van der Waals surface area (Å²) in [7, 11) is 0. The number of hydrogen-bond acceptors (Lipinski definition) is 1. The summed E-state index contributed by atoms with van der Waals surface area (Å²) < 4.78 is 1.16. The summed E-state index contributed by atoms with van der Waals surface area (Å²) in [6, 6.07) is 10.1. The normalized spacial score (nSPS) is 10.2. The van der Waals surface area contributed by atoms with E-state index >= 15 is 0 Å². The van der Waals surface area contributed by atoms with E-state index in [1.807, 2.05) is 30.5 Å². The van der Waals surface area contributed by atoms with E-state index in [1.165, 1.54) is 5.39 Å². The van der Waals surface area contributed by atoms with Gasteiger partial charge in [0, 0.05) is 0 Å². The number of pyridine rings is 1. The molecule has 0 spiro atoms. The van der Waals surface area contributed by atoms with Crippen LogP contribution in [0.4, 0.5) is 0 Å². The molecule has 2 heteroatoms. The summed E-state index contributed by atoms with van der Waals surface area (Å²) in [5.41, 5.74) is 1.05. The van der Waals surface area contributed by atoms with Crippen LogP contribution in [0.2, 0.25) is 0 Å². The summed E-state index contributed by atoms with van der Waals surface area (Å²) in [5, 5.41) is 1.19. The summed E-state index contributed by atoms with van der Waals surface area (Å²) in [4.78, 5) is 4.22. The standard InChI is InChI=1S/C9H6NSe/c11-9-5-6-10-8-4-2-1-3-7(8)9/h1-6H. The summed E-state index contributed by atoms with van der Waals surface area (Å²) in [5.74, 6) is 0. The Kier molecular flexibility index (Phi) is 1.65. The Balaban J connectivity index is 2.91. The molecular formula is C9H6NSe. The Morgan fingerprint density at radius 3 is 2.73 bits per heavy atom. The third-order valence-corrected chi connectivity index (χ3v) is 2.36. The molecule has 1 radical (unpaired) electrons. The zero-order valence-electron chi connectivity index (χ0n) is 5.82. The van der Waals surface area contributed by atoms with Crippen molar-refractivity contribution in [2.75, 3.05) is 0 Å². The number of benzene rings is 1. The Bertz CT molecular complexity index is 379. The number of hydrogen-bond donors (Lipinski definition) is 0. The van der Waals surface area contributed by atoms with Crippen molar-refractivity contribution in [2.45, 2.75) is 0 Å².